The van der Waals surface area contributed by atoms with Crippen LogP contribution in [0.15, 0.2) is 0 Å². The second kappa shape index (κ2) is 1.78. The van der Waals surface area contributed by atoms with Crippen molar-refractivity contribution in [3.63, 3.8) is 0 Å². The summed E-state index contributed by atoms with van der Waals surface area (Å²) in [6, 6.07) is 3.30. The molecule has 2 aliphatic heterocycles. The number of rotatable bonds is 0. The average molecular weight is 151 g/mol. The molecule has 0 aromatic heterocycles. The molecule has 0 spiro atoms. The quantitative estimate of drug-likeness (QED) is 0.478. The molecule has 0 N–H and O–H groups in total. The van der Waals surface area contributed by atoms with Crippen LogP contribution in [0.5, 0.6) is 0 Å². The summed E-state index contributed by atoms with van der Waals surface area (Å²) >= 11 is 0. The second-order valence-corrected chi connectivity index (χ2v) is 4.41. The lowest BCUT2D eigenvalue weighted by Crippen LogP contribution is -2.52. The highest BCUT2D eigenvalue weighted by Gasteiger charge is 2.60. The van der Waals surface area contributed by atoms with Crippen molar-refractivity contribution in [2.45, 2.75) is 37.3 Å². The van der Waals surface area contributed by atoms with Crippen molar-refractivity contribution in [2.75, 3.05) is 14.1 Å². The molecule has 2 fully saturated rings. The monoisotopic (exact) mass is 151 g/mol. The van der Waals surface area contributed by atoms with Gasteiger partial charge in [-0.25, -0.2) is 0 Å². The number of hydrogen-bond acceptors (Lipinski definition) is 1. The van der Waals surface area contributed by atoms with Gasteiger partial charge in [-0.15, -0.1) is 0 Å². The zero-order valence-electron chi connectivity index (χ0n) is 7.30. The minimum Gasteiger partial charge on any atom is -0.309 e. The van der Waals surface area contributed by atoms with E-state index in [2.05, 4.69) is 20.2 Å². The first-order chi connectivity index (χ1) is 5.12. The topological polar surface area (TPSA) is 23.8 Å². The van der Waals surface area contributed by atoms with Crippen LogP contribution in [0, 0.1) is 11.3 Å². The van der Waals surface area contributed by atoms with Crippen molar-refractivity contribution in [3.05, 3.63) is 0 Å². The number of nitrogens with zero attached hydrogens (tertiary/aromatic N) is 2. The lowest BCUT2D eigenvalue weighted by atomic mass is 9.89. The van der Waals surface area contributed by atoms with Gasteiger partial charge in [-0.1, -0.05) is 0 Å². The molecule has 0 aromatic carbocycles. The van der Waals surface area contributed by atoms with Crippen LogP contribution < -0.4 is 0 Å². The Morgan fingerprint density at radius 1 is 1.36 bits per heavy atom. The molecule has 0 unspecified atom stereocenters. The van der Waals surface area contributed by atoms with Crippen molar-refractivity contribution in [1.29, 1.82) is 5.26 Å². The van der Waals surface area contributed by atoms with E-state index in [1.165, 1.54) is 12.8 Å². The van der Waals surface area contributed by atoms with E-state index >= 15 is 0 Å². The van der Waals surface area contributed by atoms with Crippen LogP contribution in [-0.4, -0.2) is 30.2 Å². The van der Waals surface area contributed by atoms with E-state index < -0.39 is 0 Å². The van der Waals surface area contributed by atoms with Gasteiger partial charge in [0.15, 0.2) is 5.54 Å². The summed E-state index contributed by atoms with van der Waals surface area (Å²) in [4.78, 5) is 0. The van der Waals surface area contributed by atoms with Crippen molar-refractivity contribution in [2.24, 2.45) is 0 Å². The standard InChI is InChI=1S/C9H15N2/c1-11(2)8-3-5-9(11,7-10)6-4-8/h8H,3-6H2,1-2H3/q+1. The molecular weight excluding hydrogens is 136 g/mol. The van der Waals surface area contributed by atoms with Crippen LogP contribution in [0.25, 0.3) is 0 Å². The molecule has 2 rings (SSSR count). The predicted molar refractivity (Wildman–Crippen MR) is 42.7 cm³/mol. The third-order valence-electron chi connectivity index (χ3n) is 4.01. The van der Waals surface area contributed by atoms with E-state index in [1.807, 2.05) is 0 Å². The molecule has 2 aliphatic rings. The van der Waals surface area contributed by atoms with Gasteiger partial charge in [-0.2, -0.15) is 5.26 Å². The highest BCUT2D eigenvalue weighted by molar-refractivity contribution is 5.10. The Balaban J connectivity index is 2.43. The molecule has 2 heterocycles. The van der Waals surface area contributed by atoms with Gasteiger partial charge in [-0.05, 0) is 0 Å². The SMILES string of the molecule is C[N+]1(C)C2CCC1(C#N)CC2. The van der Waals surface area contributed by atoms with E-state index in [9.17, 15) is 0 Å². The summed E-state index contributed by atoms with van der Waals surface area (Å²) in [6.45, 7) is 0. The normalized spacial score (nSPS) is 45.7. The summed E-state index contributed by atoms with van der Waals surface area (Å²) in [5.74, 6) is 0. The highest BCUT2D eigenvalue weighted by atomic mass is 15.4. The molecule has 2 saturated heterocycles. The number of hydrogen-bond donors (Lipinski definition) is 0. The van der Waals surface area contributed by atoms with Gasteiger partial charge in [0.05, 0.1) is 20.1 Å². The Morgan fingerprint density at radius 3 is 2.09 bits per heavy atom. The highest BCUT2D eigenvalue weighted by Crippen LogP contribution is 2.49. The van der Waals surface area contributed by atoms with Gasteiger partial charge in [-0.3, -0.25) is 0 Å². The zero-order valence-corrected chi connectivity index (χ0v) is 7.30. The molecule has 0 amide bonds. The third-order valence-corrected chi connectivity index (χ3v) is 4.01. The first-order valence-electron chi connectivity index (χ1n) is 4.37. The molecule has 0 saturated carbocycles. The first kappa shape index (κ1) is 7.12. The zero-order chi connectivity index (χ0) is 8.11. The maximum absolute atomic E-state index is 9.11. The fourth-order valence-electron chi connectivity index (χ4n) is 2.89. The molecule has 0 atom stereocenters. The molecule has 2 heteroatoms. The molecule has 0 aromatic rings. The van der Waals surface area contributed by atoms with E-state index in [1.54, 1.807) is 0 Å². The van der Waals surface area contributed by atoms with Crippen LogP contribution in [0.1, 0.15) is 25.7 Å². The van der Waals surface area contributed by atoms with Crippen LogP contribution in [0.3, 0.4) is 0 Å². The first-order valence-corrected chi connectivity index (χ1v) is 4.37. The largest absolute Gasteiger partial charge is 0.309 e. The van der Waals surface area contributed by atoms with E-state index in [-0.39, 0.29) is 5.54 Å². The smallest absolute Gasteiger partial charge is 0.186 e. The Morgan fingerprint density at radius 2 is 1.91 bits per heavy atom. The maximum atomic E-state index is 9.11. The second-order valence-electron chi connectivity index (χ2n) is 4.41. The Labute approximate surface area is 68.0 Å². The summed E-state index contributed by atoms with van der Waals surface area (Å²) in [6.07, 6.45) is 4.78. The molecule has 0 aliphatic carbocycles. The third kappa shape index (κ3) is 0.605. The minimum absolute atomic E-state index is 0.00926. The lowest BCUT2D eigenvalue weighted by Gasteiger charge is -2.35. The van der Waals surface area contributed by atoms with Gasteiger partial charge < -0.3 is 4.48 Å². The lowest BCUT2D eigenvalue weighted by molar-refractivity contribution is -0.928. The van der Waals surface area contributed by atoms with Gasteiger partial charge in [0, 0.05) is 25.7 Å². The Bertz CT molecular complexity index is 216. The van der Waals surface area contributed by atoms with Crippen LogP contribution in [0.2, 0.25) is 0 Å². The van der Waals surface area contributed by atoms with Gasteiger partial charge >= 0.3 is 0 Å². The summed E-state index contributed by atoms with van der Waals surface area (Å²) in [7, 11) is 4.43. The average Bonchev–Trinajstić information content (AvgIpc) is 2.39. The van der Waals surface area contributed by atoms with E-state index in [0.717, 1.165) is 23.4 Å². The van der Waals surface area contributed by atoms with Crippen LogP contribution >= 0.6 is 0 Å². The Kier molecular flexibility index (Phi) is 1.15. The van der Waals surface area contributed by atoms with Crippen molar-refractivity contribution >= 4 is 0 Å². The number of quaternary nitrogens is 1. The molecule has 0 radical (unpaired) electrons. The molecule has 2 nitrogen and oxygen atoms in total. The van der Waals surface area contributed by atoms with Gasteiger partial charge in [0.2, 0.25) is 0 Å². The van der Waals surface area contributed by atoms with Crippen molar-refractivity contribution in [1.82, 2.24) is 0 Å². The summed E-state index contributed by atoms with van der Waals surface area (Å²) < 4.78 is 0.962. The maximum Gasteiger partial charge on any atom is 0.186 e. The van der Waals surface area contributed by atoms with Crippen LogP contribution in [-0.2, 0) is 0 Å². The fourth-order valence-corrected chi connectivity index (χ4v) is 2.89. The van der Waals surface area contributed by atoms with E-state index in [0.29, 0.717) is 0 Å². The molecule has 60 valence electrons. The fraction of sp³-hybridized carbons (Fsp3) is 0.889. The number of nitriles is 1. The van der Waals surface area contributed by atoms with Crippen molar-refractivity contribution in [3.8, 4) is 6.07 Å². The Hall–Kier alpha value is -0.550. The number of fused-ring (bicyclic) bond motifs is 2. The minimum atomic E-state index is -0.00926. The summed E-state index contributed by atoms with van der Waals surface area (Å²) in [5, 5.41) is 9.11. The predicted octanol–water partition coefficient (Wildman–Crippen LogP) is 1.28. The van der Waals surface area contributed by atoms with E-state index in [4.69, 9.17) is 5.26 Å². The van der Waals surface area contributed by atoms with Crippen LogP contribution in [0.4, 0.5) is 0 Å². The van der Waals surface area contributed by atoms with Gasteiger partial charge in [0.1, 0.15) is 6.07 Å². The van der Waals surface area contributed by atoms with Gasteiger partial charge in [0.25, 0.3) is 0 Å². The molecule has 2 bridgehead atoms. The summed E-state index contributed by atoms with van der Waals surface area (Å²) in [5.41, 5.74) is -0.00926. The van der Waals surface area contributed by atoms with Crippen molar-refractivity contribution < 1.29 is 4.48 Å². The molecule has 11 heavy (non-hydrogen) atoms. The molecular formula is C9H15N2+.